The van der Waals surface area contributed by atoms with Crippen LogP contribution in [0.25, 0.3) is 105 Å². The van der Waals surface area contributed by atoms with Crippen LogP contribution in [0.1, 0.15) is 135 Å². The van der Waals surface area contributed by atoms with E-state index >= 15 is 0 Å². The molecular weight excluding hydrogens is 1510 g/mol. The van der Waals surface area contributed by atoms with E-state index in [1.807, 2.05) is 281 Å². The molecule has 18 nitrogen and oxygen atoms in total. The number of aliphatic carboxylic acids is 1. The Balaban J connectivity index is 0.000000146. The molecule has 0 atom stereocenters. The van der Waals surface area contributed by atoms with E-state index in [0.29, 0.717) is 16.9 Å². The van der Waals surface area contributed by atoms with Crippen molar-refractivity contribution < 1.29 is 62.7 Å². The second kappa shape index (κ2) is 37.7. The highest BCUT2D eigenvalue weighted by molar-refractivity contribution is 6.17. The van der Waals surface area contributed by atoms with Gasteiger partial charge in [0.05, 0.1) is 65.8 Å². The number of halogens is 1. The van der Waals surface area contributed by atoms with Gasteiger partial charge in [-0.1, -0.05) is 200 Å². The molecule has 0 unspecified atom stereocenters. The number of rotatable bonds is 12. The van der Waals surface area contributed by atoms with E-state index in [1.165, 1.54) is 30.4 Å². The molecule has 4 heterocycles. The van der Waals surface area contributed by atoms with Gasteiger partial charge < -0.3 is 33.9 Å². The monoisotopic (exact) mass is 1610 g/mol. The SMILES string of the molecule is CC(C)(C)OC(=O)n1c(CC#N)cc2cc(-c3ccccc3)ccc21.CC(C)(C)OC(=O)n1c(CCl)cc2cc(-c3ccccc3)ccc21.CC(C)(C)OC(=O)n1c(CO)cc2cc(-c3ccccc3)ccc21.CCOC(=O)c1cc2cc(-c3ccccc3)ccc2n1C(=O)OC(C)(C)C.O=C(O)CC1=Cc2cc(-c3ccccc3)ccc2C1. The average Bonchev–Trinajstić information content (AvgIpc) is 1.65. The molecule has 1 aliphatic carbocycles. The molecule has 15 rings (SSSR count). The number of fused-ring (bicyclic) bond motifs is 5. The fraction of sp³-hybridized carbons (Fsp3) is 0.230. The Hall–Kier alpha value is -13.3. The molecule has 10 aromatic carbocycles. The summed E-state index contributed by atoms with van der Waals surface area (Å²) in [5.41, 5.74) is 16.9. The van der Waals surface area contributed by atoms with Gasteiger partial charge in [0.15, 0.2) is 0 Å². The highest BCUT2D eigenvalue weighted by Gasteiger charge is 2.29. The van der Waals surface area contributed by atoms with Crippen molar-refractivity contribution in [2.75, 3.05) is 6.61 Å². The normalized spacial score (nSPS) is 11.7. The summed E-state index contributed by atoms with van der Waals surface area (Å²) in [6.07, 6.45) is 1.11. The Morgan fingerprint density at radius 2 is 0.706 bits per heavy atom. The second-order valence-electron chi connectivity index (χ2n) is 32.4. The molecule has 0 spiro atoms. The first kappa shape index (κ1) is 86.5. The van der Waals surface area contributed by atoms with Crippen molar-refractivity contribution in [1.82, 2.24) is 18.3 Å². The fourth-order valence-electron chi connectivity index (χ4n) is 13.7. The van der Waals surface area contributed by atoms with Gasteiger partial charge in [-0.15, -0.1) is 11.6 Å². The lowest BCUT2D eigenvalue weighted by atomic mass is 10.0. The Bertz CT molecular complexity index is 5910. The first-order chi connectivity index (χ1) is 56.7. The quantitative estimate of drug-likeness (QED) is 0.0658. The smallest absolute Gasteiger partial charge is 0.419 e. The third-order valence-electron chi connectivity index (χ3n) is 18.6. The maximum atomic E-state index is 12.8. The predicted octanol–water partition coefficient (Wildman–Crippen LogP) is 24.6. The van der Waals surface area contributed by atoms with Crippen molar-refractivity contribution >= 4 is 97.6 Å². The van der Waals surface area contributed by atoms with Gasteiger partial charge in [-0.25, -0.2) is 42.2 Å². The van der Waals surface area contributed by atoms with Crippen molar-refractivity contribution in [3.63, 3.8) is 0 Å². The molecule has 1 aliphatic rings. The zero-order valence-electron chi connectivity index (χ0n) is 69.2. The zero-order valence-corrected chi connectivity index (χ0v) is 70.0. The number of nitriles is 1. The van der Waals surface area contributed by atoms with Crippen LogP contribution in [-0.4, -0.2) is 93.8 Å². The van der Waals surface area contributed by atoms with Crippen molar-refractivity contribution in [1.29, 1.82) is 5.26 Å². The van der Waals surface area contributed by atoms with Crippen molar-refractivity contribution in [2.24, 2.45) is 0 Å². The van der Waals surface area contributed by atoms with Crippen LogP contribution in [0.4, 0.5) is 19.2 Å². The highest BCUT2D eigenvalue weighted by Crippen LogP contribution is 2.36. The standard InChI is InChI=1S/C22H23NO4.C21H20N2O2.C20H20ClNO2.C20H21NO3.C17H14O2/c1-5-26-20(24)19-14-17-13-16(15-9-7-6-8-10-15)11-12-18(17)23(19)21(25)27-22(2,3)4;1-21(2,3)25-20(24)23-18(11-12-22)14-17-13-16(9-10-19(17)23)15-7-5-4-6-8-15;1-20(2,3)24-19(23)22-17(13-21)12-16-11-15(9-10-18(16)22)14-7-5-4-6-8-14;1-20(2,3)24-19(23)21-17(13-22)12-16-11-15(9-10-18(16)21)14-7-5-4-6-8-14;18-17(19)10-12-8-14-6-7-15(11-16(14)9-12)13-4-2-1-3-5-13/h6-14H,5H2,1-4H3;4-10,13-14H,11H2,1-3H3;4-12H,13H2,1-3H3;4-12,22H,13H2,1-3H3;1-7,9,11H,8,10H2,(H,18,19). The maximum Gasteiger partial charge on any atom is 0.419 e. The number of aliphatic hydroxyl groups excluding tert-OH is 1. The third kappa shape index (κ3) is 22.4. The van der Waals surface area contributed by atoms with Gasteiger partial charge >= 0.3 is 36.3 Å². The van der Waals surface area contributed by atoms with Gasteiger partial charge in [0.2, 0.25) is 0 Å². The maximum absolute atomic E-state index is 12.8. The van der Waals surface area contributed by atoms with E-state index in [1.54, 1.807) is 38.3 Å². The predicted molar refractivity (Wildman–Crippen MR) is 473 cm³/mol. The number of nitrogens with zero attached hydrogens (tertiary/aromatic N) is 5. The summed E-state index contributed by atoms with van der Waals surface area (Å²) in [7, 11) is 0. The number of carbonyl (C=O) groups excluding carboxylic acids is 5. The van der Waals surface area contributed by atoms with Gasteiger partial charge in [0.1, 0.15) is 28.1 Å². The molecule has 19 heteroatoms. The number of ether oxygens (including phenoxy) is 5. The topological polar surface area (TPSA) is 233 Å². The molecule has 608 valence electrons. The largest absolute Gasteiger partial charge is 0.481 e. The number of alkyl halides is 1. The second-order valence-corrected chi connectivity index (χ2v) is 32.7. The van der Waals surface area contributed by atoms with E-state index in [0.717, 1.165) is 106 Å². The van der Waals surface area contributed by atoms with Crippen LogP contribution in [0.3, 0.4) is 0 Å². The van der Waals surface area contributed by atoms with Gasteiger partial charge in [0, 0.05) is 32.9 Å². The summed E-state index contributed by atoms with van der Waals surface area (Å²) in [6, 6.07) is 89.7. The number of hydrogen-bond donors (Lipinski definition) is 2. The molecular formula is C100H98ClN5O13. The lowest BCUT2D eigenvalue weighted by Crippen LogP contribution is -2.29. The lowest BCUT2D eigenvalue weighted by Gasteiger charge is -2.20. The molecule has 2 N–H and O–H groups in total. The van der Waals surface area contributed by atoms with Crippen LogP contribution >= 0.6 is 11.6 Å². The molecule has 0 saturated carbocycles. The first-order valence-corrected chi connectivity index (χ1v) is 39.8. The van der Waals surface area contributed by atoms with Crippen LogP contribution < -0.4 is 0 Å². The van der Waals surface area contributed by atoms with Crippen molar-refractivity contribution in [3.05, 3.63) is 306 Å². The van der Waals surface area contributed by atoms with Crippen LogP contribution in [0, 0.1) is 11.3 Å². The minimum Gasteiger partial charge on any atom is -0.481 e. The van der Waals surface area contributed by atoms with E-state index < -0.39 is 58.7 Å². The Kier molecular flexibility index (Phi) is 27.4. The van der Waals surface area contributed by atoms with Crippen LogP contribution in [-0.2, 0) is 53.8 Å². The first-order valence-electron chi connectivity index (χ1n) is 39.2. The number of aliphatic hydroxyl groups is 1. The summed E-state index contributed by atoms with van der Waals surface area (Å²) in [5.74, 6) is -1.07. The van der Waals surface area contributed by atoms with Crippen LogP contribution in [0.2, 0.25) is 0 Å². The minimum atomic E-state index is -0.762. The zero-order chi connectivity index (χ0) is 85.5. The molecule has 4 aromatic heterocycles. The minimum absolute atomic E-state index is 0.134. The number of carboxylic acids is 1. The molecule has 0 bridgehead atoms. The summed E-state index contributed by atoms with van der Waals surface area (Å²) in [5, 5.41) is 31.1. The summed E-state index contributed by atoms with van der Waals surface area (Å²) >= 11 is 6.05. The van der Waals surface area contributed by atoms with Crippen LogP contribution in [0.5, 0.6) is 0 Å². The number of benzene rings is 10. The number of esters is 1. The Morgan fingerprint density at radius 1 is 0.395 bits per heavy atom. The van der Waals surface area contributed by atoms with Gasteiger partial charge in [-0.05, 0) is 242 Å². The van der Waals surface area contributed by atoms with Crippen LogP contribution in [0.15, 0.2) is 272 Å². The number of hydrogen-bond acceptors (Lipinski definition) is 13. The number of carboxylic acid groups (broad SMARTS) is 1. The highest BCUT2D eigenvalue weighted by atomic mass is 35.5. The third-order valence-corrected chi connectivity index (χ3v) is 18.9. The average molecular weight is 1610 g/mol. The molecule has 0 radical (unpaired) electrons. The van der Waals surface area contributed by atoms with Crippen molar-refractivity contribution in [2.45, 2.75) is 144 Å². The van der Waals surface area contributed by atoms with Crippen molar-refractivity contribution in [3.8, 4) is 61.7 Å². The molecule has 0 saturated heterocycles. The molecule has 0 aliphatic heterocycles. The fourth-order valence-corrected chi connectivity index (χ4v) is 13.8. The number of aromatic nitrogens is 4. The van der Waals surface area contributed by atoms with E-state index in [-0.39, 0.29) is 37.6 Å². The van der Waals surface area contributed by atoms with Gasteiger partial charge in [-0.3, -0.25) is 4.79 Å². The number of carbonyl (C=O) groups is 6. The summed E-state index contributed by atoms with van der Waals surface area (Å²) < 4.78 is 32.9. The molecule has 0 amide bonds. The van der Waals surface area contributed by atoms with Gasteiger partial charge in [-0.2, -0.15) is 5.26 Å². The summed E-state index contributed by atoms with van der Waals surface area (Å²) in [4.78, 5) is 73.6. The lowest BCUT2D eigenvalue weighted by molar-refractivity contribution is -0.136. The molecule has 119 heavy (non-hydrogen) atoms. The van der Waals surface area contributed by atoms with E-state index in [9.17, 15) is 33.9 Å². The van der Waals surface area contributed by atoms with Gasteiger partial charge in [0.25, 0.3) is 0 Å². The van der Waals surface area contributed by atoms with E-state index in [2.05, 4.69) is 54.6 Å². The molecule has 14 aromatic rings. The summed E-state index contributed by atoms with van der Waals surface area (Å²) in [6.45, 7) is 23.6. The Labute approximate surface area is 698 Å². The van der Waals surface area contributed by atoms with E-state index in [4.69, 9.17) is 45.7 Å². The molecule has 0 fully saturated rings. The Morgan fingerprint density at radius 3 is 1.04 bits per heavy atom.